The lowest BCUT2D eigenvalue weighted by atomic mass is 10.00. The Balaban J connectivity index is 2.13. The van der Waals surface area contributed by atoms with Crippen LogP contribution < -0.4 is 4.90 Å². The largest absolute Gasteiger partial charge is 0.309 e. The lowest BCUT2D eigenvalue weighted by Gasteiger charge is -2.23. The number of anilines is 1. The Morgan fingerprint density at radius 3 is 2.57 bits per heavy atom. The van der Waals surface area contributed by atoms with E-state index < -0.39 is 0 Å². The number of hydrogen-bond acceptors (Lipinski definition) is 1. The van der Waals surface area contributed by atoms with E-state index >= 15 is 0 Å². The molecule has 0 aliphatic carbocycles. The van der Waals surface area contributed by atoms with Crippen LogP contribution in [-0.4, -0.2) is 16.8 Å². The minimum atomic E-state index is 0.261. The summed E-state index contributed by atoms with van der Waals surface area (Å²) < 4.78 is 0. The van der Waals surface area contributed by atoms with Gasteiger partial charge in [-0.25, -0.2) is 0 Å². The first kappa shape index (κ1) is 18.5. The Morgan fingerprint density at radius 2 is 1.96 bits per heavy atom. The second-order valence-electron chi connectivity index (χ2n) is 7.81. The number of halogens is 1. The van der Waals surface area contributed by atoms with Gasteiger partial charge in [0.15, 0.2) is 0 Å². The van der Waals surface area contributed by atoms with Crippen molar-refractivity contribution >= 4 is 27.5 Å². The van der Waals surface area contributed by atoms with Gasteiger partial charge in [0, 0.05) is 23.0 Å². The molecule has 0 N–H and O–H groups in total. The second kappa shape index (κ2) is 7.83. The molecular weight excluding hydrogens is 350 g/mol. The molecule has 3 heteroatoms. The zero-order valence-corrected chi connectivity index (χ0v) is 16.7. The lowest BCUT2D eigenvalue weighted by Crippen LogP contribution is -2.36. The highest BCUT2D eigenvalue weighted by Crippen LogP contribution is 2.34. The van der Waals surface area contributed by atoms with Crippen LogP contribution in [0.2, 0.25) is 0 Å². The standard InChI is InChI=1S/C20H30BrNO/c1-13(2)8-18(21)12-16-6-7-19-17(11-16)10-15(5)22(19)20(23)9-14(3)4/h6-7,11,13-15,18H,8-10,12H2,1-5H3. The first-order valence-corrected chi connectivity index (χ1v) is 9.77. The topological polar surface area (TPSA) is 20.3 Å². The van der Waals surface area contributed by atoms with Crippen molar-refractivity contribution in [1.29, 1.82) is 0 Å². The summed E-state index contributed by atoms with van der Waals surface area (Å²) in [7, 11) is 0. The van der Waals surface area contributed by atoms with E-state index in [0.29, 0.717) is 23.1 Å². The monoisotopic (exact) mass is 379 g/mol. The van der Waals surface area contributed by atoms with Gasteiger partial charge in [-0.15, -0.1) is 0 Å². The van der Waals surface area contributed by atoms with E-state index in [0.717, 1.165) is 18.5 Å². The van der Waals surface area contributed by atoms with Gasteiger partial charge in [-0.05, 0) is 55.2 Å². The van der Waals surface area contributed by atoms with E-state index in [1.165, 1.54) is 17.5 Å². The fourth-order valence-electron chi connectivity index (χ4n) is 3.49. The van der Waals surface area contributed by atoms with Gasteiger partial charge in [0.1, 0.15) is 0 Å². The third-order valence-electron chi connectivity index (χ3n) is 4.40. The molecule has 0 aromatic heterocycles. The molecule has 2 rings (SSSR count). The molecule has 1 amide bonds. The summed E-state index contributed by atoms with van der Waals surface area (Å²) in [4.78, 5) is 15.1. The molecule has 0 spiro atoms. The Hall–Kier alpha value is -0.830. The van der Waals surface area contributed by atoms with Crippen LogP contribution in [0, 0.1) is 11.8 Å². The molecule has 128 valence electrons. The average Bonchev–Trinajstić information content (AvgIpc) is 2.71. The Bertz CT molecular complexity index is 553. The summed E-state index contributed by atoms with van der Waals surface area (Å²) in [5.74, 6) is 1.37. The van der Waals surface area contributed by atoms with Crippen LogP contribution in [0.15, 0.2) is 18.2 Å². The van der Waals surface area contributed by atoms with Crippen molar-refractivity contribution in [1.82, 2.24) is 0 Å². The van der Waals surface area contributed by atoms with E-state index in [9.17, 15) is 4.79 Å². The van der Waals surface area contributed by atoms with Crippen LogP contribution in [0.5, 0.6) is 0 Å². The Morgan fingerprint density at radius 1 is 1.26 bits per heavy atom. The number of benzene rings is 1. The van der Waals surface area contributed by atoms with Crippen molar-refractivity contribution in [2.75, 3.05) is 4.90 Å². The van der Waals surface area contributed by atoms with E-state index in [1.54, 1.807) is 0 Å². The van der Waals surface area contributed by atoms with Crippen LogP contribution in [0.25, 0.3) is 0 Å². The van der Waals surface area contributed by atoms with Crippen LogP contribution in [0.3, 0.4) is 0 Å². The van der Waals surface area contributed by atoms with Gasteiger partial charge in [0.2, 0.25) is 5.91 Å². The molecule has 2 nitrogen and oxygen atoms in total. The van der Waals surface area contributed by atoms with Crippen molar-refractivity contribution in [2.45, 2.75) is 71.2 Å². The van der Waals surface area contributed by atoms with Crippen molar-refractivity contribution < 1.29 is 4.79 Å². The summed E-state index contributed by atoms with van der Waals surface area (Å²) in [6.07, 6.45) is 3.85. The van der Waals surface area contributed by atoms with Crippen LogP contribution >= 0.6 is 15.9 Å². The van der Waals surface area contributed by atoms with Crippen molar-refractivity contribution in [3.05, 3.63) is 29.3 Å². The third-order valence-corrected chi connectivity index (χ3v) is 5.09. The fraction of sp³-hybridized carbons (Fsp3) is 0.650. The van der Waals surface area contributed by atoms with Gasteiger partial charge in [-0.3, -0.25) is 4.79 Å². The number of fused-ring (bicyclic) bond motifs is 1. The molecule has 23 heavy (non-hydrogen) atoms. The zero-order valence-electron chi connectivity index (χ0n) is 15.1. The van der Waals surface area contributed by atoms with E-state index in [4.69, 9.17) is 0 Å². The molecular formula is C20H30BrNO. The van der Waals surface area contributed by atoms with Gasteiger partial charge in [0.25, 0.3) is 0 Å². The molecule has 0 saturated carbocycles. The summed E-state index contributed by atoms with van der Waals surface area (Å²) in [6, 6.07) is 6.94. The van der Waals surface area contributed by atoms with Crippen molar-refractivity contribution in [3.63, 3.8) is 0 Å². The van der Waals surface area contributed by atoms with Gasteiger partial charge in [0.05, 0.1) is 0 Å². The van der Waals surface area contributed by atoms with Gasteiger partial charge in [-0.2, -0.15) is 0 Å². The first-order valence-electron chi connectivity index (χ1n) is 8.85. The zero-order chi connectivity index (χ0) is 17.1. The van der Waals surface area contributed by atoms with E-state index in [2.05, 4.69) is 68.7 Å². The Kier molecular flexibility index (Phi) is 6.30. The van der Waals surface area contributed by atoms with E-state index in [1.807, 2.05) is 4.90 Å². The van der Waals surface area contributed by atoms with Gasteiger partial charge >= 0.3 is 0 Å². The smallest absolute Gasteiger partial charge is 0.227 e. The van der Waals surface area contributed by atoms with Crippen molar-refractivity contribution in [2.24, 2.45) is 11.8 Å². The molecule has 0 fully saturated rings. The average molecular weight is 380 g/mol. The van der Waals surface area contributed by atoms with Crippen LogP contribution in [-0.2, 0) is 17.6 Å². The maximum Gasteiger partial charge on any atom is 0.227 e. The normalized spacial score (nSPS) is 18.6. The predicted octanol–water partition coefficient (Wildman–Crippen LogP) is 5.36. The summed E-state index contributed by atoms with van der Waals surface area (Å²) in [5, 5.41) is 0. The maximum absolute atomic E-state index is 12.5. The lowest BCUT2D eigenvalue weighted by molar-refractivity contribution is -0.119. The quantitative estimate of drug-likeness (QED) is 0.608. The van der Waals surface area contributed by atoms with Crippen molar-refractivity contribution in [3.8, 4) is 0 Å². The Labute approximate surface area is 149 Å². The number of carbonyl (C=O) groups is 1. The van der Waals surface area contributed by atoms with E-state index in [-0.39, 0.29) is 11.9 Å². The predicted molar refractivity (Wildman–Crippen MR) is 102 cm³/mol. The molecule has 1 aliphatic heterocycles. The van der Waals surface area contributed by atoms with Gasteiger partial charge < -0.3 is 4.90 Å². The highest BCUT2D eigenvalue weighted by molar-refractivity contribution is 9.09. The second-order valence-corrected chi connectivity index (χ2v) is 9.10. The molecule has 0 saturated heterocycles. The highest BCUT2D eigenvalue weighted by atomic mass is 79.9. The molecule has 1 aromatic rings. The first-order chi connectivity index (χ1) is 10.8. The summed E-state index contributed by atoms with van der Waals surface area (Å²) >= 11 is 3.81. The highest BCUT2D eigenvalue weighted by Gasteiger charge is 2.31. The SMILES string of the molecule is CC(C)CC(=O)N1c2ccc(CC(Br)CC(C)C)cc2CC1C. The number of amides is 1. The molecule has 0 bridgehead atoms. The number of alkyl halides is 1. The molecule has 2 atom stereocenters. The molecule has 1 aromatic carbocycles. The number of rotatable bonds is 6. The van der Waals surface area contributed by atoms with Crippen LogP contribution in [0.4, 0.5) is 5.69 Å². The number of hydrogen-bond donors (Lipinski definition) is 0. The number of nitrogens with zero attached hydrogens (tertiary/aromatic N) is 1. The molecule has 2 unspecified atom stereocenters. The fourth-order valence-corrected chi connectivity index (χ4v) is 4.61. The molecule has 0 radical (unpaired) electrons. The minimum absolute atomic E-state index is 0.261. The minimum Gasteiger partial charge on any atom is -0.309 e. The summed E-state index contributed by atoms with van der Waals surface area (Å²) in [6.45, 7) is 10.9. The number of carbonyl (C=O) groups excluding carboxylic acids is 1. The summed E-state index contributed by atoms with van der Waals surface area (Å²) in [5.41, 5.74) is 3.83. The maximum atomic E-state index is 12.5. The third kappa shape index (κ3) is 4.82. The van der Waals surface area contributed by atoms with Gasteiger partial charge in [-0.1, -0.05) is 55.8 Å². The molecule has 1 heterocycles. The molecule has 1 aliphatic rings. The van der Waals surface area contributed by atoms with Crippen LogP contribution in [0.1, 0.15) is 58.6 Å².